The van der Waals surface area contributed by atoms with Crippen molar-refractivity contribution < 1.29 is 23.3 Å². The Hall–Kier alpha value is -3.74. The number of para-hydroxylation sites is 1. The second kappa shape index (κ2) is 8.07. The van der Waals surface area contributed by atoms with Gasteiger partial charge in [0.25, 0.3) is 0 Å². The number of hydrogen-bond acceptors (Lipinski definition) is 6. The lowest BCUT2D eigenvalue weighted by Gasteiger charge is -2.38. The van der Waals surface area contributed by atoms with E-state index < -0.39 is 6.23 Å². The summed E-state index contributed by atoms with van der Waals surface area (Å²) in [5.41, 5.74) is 3.63. The van der Waals surface area contributed by atoms with Gasteiger partial charge in [-0.05, 0) is 42.0 Å². The van der Waals surface area contributed by atoms with Gasteiger partial charge in [0, 0.05) is 17.5 Å². The molecule has 0 unspecified atom stereocenters. The van der Waals surface area contributed by atoms with Crippen molar-refractivity contribution in [1.29, 1.82) is 0 Å². The average Bonchev–Trinajstić information content (AvgIpc) is 3.29. The number of benzene rings is 3. The van der Waals surface area contributed by atoms with E-state index in [9.17, 15) is 4.39 Å². The summed E-state index contributed by atoms with van der Waals surface area (Å²) in [6, 6.07) is 17.9. The van der Waals surface area contributed by atoms with E-state index in [1.807, 2.05) is 41.4 Å². The smallest absolute Gasteiger partial charge is 0.214 e. The summed E-state index contributed by atoms with van der Waals surface area (Å²) < 4.78 is 36.4. The van der Waals surface area contributed by atoms with E-state index in [1.165, 1.54) is 12.1 Å². The Morgan fingerprint density at radius 2 is 1.66 bits per heavy atom. The molecule has 7 heteroatoms. The summed E-state index contributed by atoms with van der Waals surface area (Å²) >= 11 is 0. The van der Waals surface area contributed by atoms with Crippen molar-refractivity contribution >= 4 is 5.71 Å². The van der Waals surface area contributed by atoms with Crippen LogP contribution in [0, 0.1) is 5.82 Å². The first-order chi connectivity index (χ1) is 15.6. The van der Waals surface area contributed by atoms with Crippen LogP contribution in [0.2, 0.25) is 0 Å². The third-order valence-corrected chi connectivity index (χ3v) is 5.87. The van der Waals surface area contributed by atoms with Crippen LogP contribution in [0.15, 0.2) is 65.8 Å². The van der Waals surface area contributed by atoms with Gasteiger partial charge in [0.05, 0.1) is 33.1 Å². The second-order valence-corrected chi connectivity index (χ2v) is 7.62. The lowest BCUT2D eigenvalue weighted by atomic mass is 9.95. The van der Waals surface area contributed by atoms with Gasteiger partial charge in [-0.3, -0.25) is 0 Å². The van der Waals surface area contributed by atoms with Crippen molar-refractivity contribution in [1.82, 2.24) is 5.01 Å². The molecule has 3 aromatic carbocycles. The SMILES string of the molecule is COc1ccc([C@H]2Oc3c(OC)cccc3[C@H]3CC(c4ccc(F)cc4)=NN32)cc1OC. The molecular formula is C25H23FN2O4. The summed E-state index contributed by atoms with van der Waals surface area (Å²) in [7, 11) is 4.84. The molecule has 0 bridgehead atoms. The van der Waals surface area contributed by atoms with Gasteiger partial charge in [-0.2, -0.15) is 5.10 Å². The maximum absolute atomic E-state index is 13.5. The van der Waals surface area contributed by atoms with Crippen molar-refractivity contribution in [3.8, 4) is 23.0 Å². The van der Waals surface area contributed by atoms with Gasteiger partial charge in [0.1, 0.15) is 5.82 Å². The molecule has 2 aliphatic rings. The van der Waals surface area contributed by atoms with Gasteiger partial charge in [0.15, 0.2) is 23.0 Å². The molecule has 2 aliphatic heterocycles. The third kappa shape index (κ3) is 3.30. The van der Waals surface area contributed by atoms with Crippen LogP contribution in [0.4, 0.5) is 4.39 Å². The number of hydrazone groups is 1. The standard InChI is InChI=1S/C25H23FN2O4/c1-29-21-12-9-16(13-23(21)31-3)25-28-20(18-5-4-6-22(30-2)24(18)32-25)14-19(27-28)15-7-10-17(26)11-8-15/h4-13,20,25H,14H2,1-3H3/t20-,25-/m1/s1. The van der Waals surface area contributed by atoms with E-state index in [0.29, 0.717) is 29.4 Å². The van der Waals surface area contributed by atoms with E-state index >= 15 is 0 Å². The highest BCUT2D eigenvalue weighted by Gasteiger charge is 2.42. The zero-order valence-electron chi connectivity index (χ0n) is 18.0. The first-order valence-electron chi connectivity index (χ1n) is 10.3. The van der Waals surface area contributed by atoms with Crippen LogP contribution in [-0.2, 0) is 0 Å². The van der Waals surface area contributed by atoms with E-state index in [2.05, 4.69) is 0 Å². The Labute approximate surface area is 185 Å². The molecule has 6 nitrogen and oxygen atoms in total. The highest BCUT2D eigenvalue weighted by molar-refractivity contribution is 6.02. The largest absolute Gasteiger partial charge is 0.493 e. The topological polar surface area (TPSA) is 52.5 Å². The van der Waals surface area contributed by atoms with Crippen molar-refractivity contribution in [3.63, 3.8) is 0 Å². The van der Waals surface area contributed by atoms with Crippen LogP contribution in [-0.4, -0.2) is 32.0 Å². The van der Waals surface area contributed by atoms with Crippen LogP contribution < -0.4 is 18.9 Å². The molecule has 0 saturated heterocycles. The molecule has 0 aliphatic carbocycles. The molecule has 0 fully saturated rings. The number of ether oxygens (including phenoxy) is 4. The molecule has 3 aromatic rings. The third-order valence-electron chi connectivity index (χ3n) is 5.87. The number of hydrogen-bond donors (Lipinski definition) is 0. The predicted octanol–water partition coefficient (Wildman–Crippen LogP) is 5.09. The highest BCUT2D eigenvalue weighted by atomic mass is 19.1. The Bertz CT molecular complexity index is 1180. The predicted molar refractivity (Wildman–Crippen MR) is 118 cm³/mol. The summed E-state index contributed by atoms with van der Waals surface area (Å²) in [5, 5.41) is 6.87. The molecule has 0 N–H and O–H groups in total. The highest BCUT2D eigenvalue weighted by Crippen LogP contribution is 2.51. The fraction of sp³-hybridized carbons (Fsp3) is 0.240. The van der Waals surface area contributed by atoms with E-state index in [-0.39, 0.29) is 11.9 Å². The molecule has 0 amide bonds. The van der Waals surface area contributed by atoms with E-state index in [4.69, 9.17) is 24.0 Å². The molecule has 0 saturated carbocycles. The van der Waals surface area contributed by atoms with Gasteiger partial charge in [-0.15, -0.1) is 0 Å². The van der Waals surface area contributed by atoms with Crippen LogP contribution in [0.25, 0.3) is 0 Å². The van der Waals surface area contributed by atoms with Gasteiger partial charge in [-0.1, -0.05) is 24.3 Å². The summed E-state index contributed by atoms with van der Waals surface area (Å²) in [4.78, 5) is 0. The van der Waals surface area contributed by atoms with Gasteiger partial charge < -0.3 is 18.9 Å². The zero-order chi connectivity index (χ0) is 22.2. The molecule has 32 heavy (non-hydrogen) atoms. The van der Waals surface area contributed by atoms with E-state index in [1.54, 1.807) is 33.5 Å². The normalized spacial score (nSPS) is 18.9. The Kier molecular flexibility index (Phi) is 5.09. The lowest BCUT2D eigenvalue weighted by molar-refractivity contribution is -0.0210. The van der Waals surface area contributed by atoms with Crippen LogP contribution in [0.1, 0.15) is 35.4 Å². The van der Waals surface area contributed by atoms with Crippen molar-refractivity contribution in [2.75, 3.05) is 21.3 Å². The summed E-state index contributed by atoms with van der Waals surface area (Å²) in [6.45, 7) is 0. The van der Waals surface area contributed by atoms with E-state index in [0.717, 1.165) is 22.4 Å². The van der Waals surface area contributed by atoms with Crippen LogP contribution >= 0.6 is 0 Å². The zero-order valence-corrected chi connectivity index (χ0v) is 18.0. The minimum atomic E-state index is -0.499. The minimum Gasteiger partial charge on any atom is -0.493 e. The number of fused-ring (bicyclic) bond motifs is 3. The summed E-state index contributed by atoms with van der Waals surface area (Å²) in [6.07, 6.45) is 0.167. The monoisotopic (exact) mass is 434 g/mol. The molecule has 0 radical (unpaired) electrons. The van der Waals surface area contributed by atoms with Gasteiger partial charge in [0.2, 0.25) is 6.23 Å². The Morgan fingerprint density at radius 1 is 0.906 bits per heavy atom. The molecule has 2 atom stereocenters. The number of nitrogens with zero attached hydrogens (tertiary/aromatic N) is 2. The molecule has 164 valence electrons. The summed E-state index contributed by atoms with van der Waals surface area (Å²) in [5.74, 6) is 2.34. The maximum Gasteiger partial charge on any atom is 0.214 e. The van der Waals surface area contributed by atoms with Crippen LogP contribution in [0.5, 0.6) is 23.0 Å². The number of rotatable bonds is 5. The fourth-order valence-electron chi connectivity index (χ4n) is 4.29. The van der Waals surface area contributed by atoms with Crippen molar-refractivity contribution in [2.45, 2.75) is 18.7 Å². The Balaban J connectivity index is 1.62. The molecule has 2 heterocycles. The van der Waals surface area contributed by atoms with Crippen molar-refractivity contribution in [2.24, 2.45) is 5.10 Å². The van der Waals surface area contributed by atoms with Crippen LogP contribution in [0.3, 0.4) is 0 Å². The quantitative estimate of drug-likeness (QED) is 0.560. The molecule has 0 aromatic heterocycles. The average molecular weight is 434 g/mol. The fourth-order valence-corrected chi connectivity index (χ4v) is 4.29. The molecule has 5 rings (SSSR count). The first kappa shape index (κ1) is 20.2. The van der Waals surface area contributed by atoms with Crippen molar-refractivity contribution in [3.05, 3.63) is 83.2 Å². The number of halogens is 1. The Morgan fingerprint density at radius 3 is 2.38 bits per heavy atom. The minimum absolute atomic E-state index is 0.0491. The first-order valence-corrected chi connectivity index (χ1v) is 10.3. The lowest BCUT2D eigenvalue weighted by Crippen LogP contribution is -2.33. The molecular weight excluding hydrogens is 411 g/mol. The number of methoxy groups -OCH3 is 3. The van der Waals surface area contributed by atoms with Gasteiger partial charge >= 0.3 is 0 Å². The van der Waals surface area contributed by atoms with Gasteiger partial charge in [-0.25, -0.2) is 9.40 Å². The maximum atomic E-state index is 13.5. The molecule has 0 spiro atoms. The second-order valence-electron chi connectivity index (χ2n) is 7.62.